The number of primary amides is 1. The van der Waals surface area contributed by atoms with E-state index in [2.05, 4.69) is 9.80 Å². The molecule has 25 heavy (non-hydrogen) atoms. The smallest absolute Gasteiger partial charge is 0.236 e. The Bertz CT molecular complexity index is 489. The van der Waals surface area contributed by atoms with Gasteiger partial charge < -0.3 is 20.5 Å². The van der Waals surface area contributed by atoms with Crippen LogP contribution >= 0.6 is 0 Å². The second-order valence-corrected chi connectivity index (χ2v) is 7.63. The van der Waals surface area contributed by atoms with Gasteiger partial charge in [-0.1, -0.05) is 0 Å². The number of hydrogen-bond donors (Lipinski definition) is 2. The number of ether oxygens (including phenoxy) is 1. The van der Waals surface area contributed by atoms with E-state index in [9.17, 15) is 14.7 Å². The molecule has 0 radical (unpaired) electrons. The second-order valence-electron chi connectivity index (χ2n) is 7.63. The Morgan fingerprint density at radius 2 is 1.76 bits per heavy atom. The van der Waals surface area contributed by atoms with E-state index >= 15 is 0 Å². The molecule has 3 aliphatic heterocycles. The van der Waals surface area contributed by atoms with Crippen molar-refractivity contribution >= 4 is 11.8 Å². The van der Waals surface area contributed by atoms with E-state index in [0.717, 1.165) is 39.0 Å². The summed E-state index contributed by atoms with van der Waals surface area (Å²) in [4.78, 5) is 29.9. The van der Waals surface area contributed by atoms with Crippen molar-refractivity contribution in [2.75, 3.05) is 65.6 Å². The molecule has 0 unspecified atom stereocenters. The van der Waals surface area contributed by atoms with E-state index in [1.165, 1.54) is 0 Å². The molecule has 1 atom stereocenters. The molecule has 0 aromatic heterocycles. The minimum absolute atomic E-state index is 0.0586. The number of amides is 2. The lowest BCUT2D eigenvalue weighted by molar-refractivity contribution is -0.133. The monoisotopic (exact) mass is 354 g/mol. The van der Waals surface area contributed by atoms with Gasteiger partial charge in [0.15, 0.2) is 0 Å². The van der Waals surface area contributed by atoms with Gasteiger partial charge in [-0.05, 0) is 32.4 Å². The molecule has 3 aliphatic rings. The molecule has 3 saturated heterocycles. The SMILES string of the molecule is NC(=O)C1CCN(CC(=O)N2CC[C@@](O)(CN3CCOCC3)C2)CC1. The van der Waals surface area contributed by atoms with Crippen LogP contribution in [0.3, 0.4) is 0 Å². The highest BCUT2D eigenvalue weighted by molar-refractivity contribution is 5.79. The predicted octanol–water partition coefficient (Wildman–Crippen LogP) is -1.52. The van der Waals surface area contributed by atoms with Crippen LogP contribution in [0.1, 0.15) is 19.3 Å². The Kier molecular flexibility index (Phi) is 5.93. The molecule has 2 amide bonds. The summed E-state index contributed by atoms with van der Waals surface area (Å²) in [6, 6.07) is 0. The van der Waals surface area contributed by atoms with Gasteiger partial charge in [0.25, 0.3) is 0 Å². The van der Waals surface area contributed by atoms with Crippen molar-refractivity contribution in [1.29, 1.82) is 0 Å². The van der Waals surface area contributed by atoms with Gasteiger partial charge in [-0.15, -0.1) is 0 Å². The van der Waals surface area contributed by atoms with Crippen LogP contribution in [0.15, 0.2) is 0 Å². The number of aliphatic hydroxyl groups is 1. The number of likely N-dealkylation sites (tertiary alicyclic amines) is 2. The zero-order valence-electron chi connectivity index (χ0n) is 14.9. The molecule has 0 bridgehead atoms. The highest BCUT2D eigenvalue weighted by atomic mass is 16.5. The van der Waals surface area contributed by atoms with Gasteiger partial charge in [0, 0.05) is 32.1 Å². The first-order valence-corrected chi connectivity index (χ1v) is 9.27. The summed E-state index contributed by atoms with van der Waals surface area (Å²) in [6.45, 7) is 6.52. The minimum Gasteiger partial charge on any atom is -0.387 e. The van der Waals surface area contributed by atoms with Crippen LogP contribution in [0.25, 0.3) is 0 Å². The van der Waals surface area contributed by atoms with Gasteiger partial charge in [-0.25, -0.2) is 0 Å². The Balaban J connectivity index is 1.43. The summed E-state index contributed by atoms with van der Waals surface area (Å²) in [5.41, 5.74) is 4.53. The van der Waals surface area contributed by atoms with Gasteiger partial charge in [0.2, 0.25) is 11.8 Å². The Labute approximate surface area is 148 Å². The number of nitrogens with zero attached hydrogens (tertiary/aromatic N) is 3. The first-order valence-electron chi connectivity index (χ1n) is 9.27. The van der Waals surface area contributed by atoms with E-state index in [1.807, 2.05) is 0 Å². The van der Waals surface area contributed by atoms with Gasteiger partial charge in [-0.2, -0.15) is 0 Å². The van der Waals surface area contributed by atoms with E-state index in [-0.39, 0.29) is 17.7 Å². The molecule has 3 rings (SSSR count). The van der Waals surface area contributed by atoms with Crippen LogP contribution < -0.4 is 5.73 Å². The Morgan fingerprint density at radius 1 is 1.08 bits per heavy atom. The predicted molar refractivity (Wildman–Crippen MR) is 91.8 cm³/mol. The number of morpholine rings is 1. The quantitative estimate of drug-likeness (QED) is 0.622. The van der Waals surface area contributed by atoms with E-state index < -0.39 is 5.60 Å². The second kappa shape index (κ2) is 7.99. The normalized spacial score (nSPS) is 29.9. The highest BCUT2D eigenvalue weighted by Gasteiger charge is 2.40. The fraction of sp³-hybridized carbons (Fsp3) is 0.882. The molecule has 8 heteroatoms. The van der Waals surface area contributed by atoms with Gasteiger partial charge in [0.1, 0.15) is 0 Å². The summed E-state index contributed by atoms with van der Waals surface area (Å²) in [6.07, 6.45) is 2.08. The standard InChI is InChI=1S/C17H30N4O4/c18-16(23)14-1-4-19(5-2-14)11-15(22)21-6-3-17(24,13-21)12-20-7-9-25-10-8-20/h14,24H,1-13H2,(H2,18,23)/t17-/m1/s1. The Morgan fingerprint density at radius 3 is 2.40 bits per heavy atom. The lowest BCUT2D eigenvalue weighted by Crippen LogP contribution is -2.50. The lowest BCUT2D eigenvalue weighted by Gasteiger charge is -2.34. The third-order valence-electron chi connectivity index (χ3n) is 5.66. The van der Waals surface area contributed by atoms with E-state index in [0.29, 0.717) is 45.8 Å². The summed E-state index contributed by atoms with van der Waals surface area (Å²) >= 11 is 0. The van der Waals surface area contributed by atoms with Gasteiger partial charge in [0.05, 0.1) is 31.9 Å². The average Bonchev–Trinajstić information content (AvgIpc) is 2.98. The average molecular weight is 354 g/mol. The zero-order valence-corrected chi connectivity index (χ0v) is 14.9. The molecule has 0 aromatic rings. The molecule has 3 heterocycles. The fourth-order valence-corrected chi connectivity index (χ4v) is 4.04. The summed E-state index contributed by atoms with van der Waals surface area (Å²) in [7, 11) is 0. The molecule has 8 nitrogen and oxygen atoms in total. The van der Waals surface area contributed by atoms with Gasteiger partial charge >= 0.3 is 0 Å². The fourth-order valence-electron chi connectivity index (χ4n) is 4.04. The first-order chi connectivity index (χ1) is 12.0. The number of piperidine rings is 1. The maximum atomic E-state index is 12.6. The molecule has 3 N–H and O–H groups in total. The molecule has 0 aliphatic carbocycles. The third kappa shape index (κ3) is 4.91. The topological polar surface area (TPSA) is 99.3 Å². The summed E-state index contributed by atoms with van der Waals surface area (Å²) in [5, 5.41) is 10.8. The molecular weight excluding hydrogens is 324 g/mol. The van der Waals surface area contributed by atoms with Crippen LogP contribution in [-0.2, 0) is 14.3 Å². The maximum absolute atomic E-state index is 12.6. The number of carbonyl (C=O) groups excluding carboxylic acids is 2. The van der Waals surface area contributed by atoms with Crippen molar-refractivity contribution in [1.82, 2.24) is 14.7 Å². The number of carbonyl (C=O) groups is 2. The highest BCUT2D eigenvalue weighted by Crippen LogP contribution is 2.24. The van der Waals surface area contributed by atoms with Crippen molar-refractivity contribution in [3.8, 4) is 0 Å². The molecule has 0 spiro atoms. The van der Waals surface area contributed by atoms with Crippen molar-refractivity contribution in [3.63, 3.8) is 0 Å². The third-order valence-corrected chi connectivity index (χ3v) is 5.66. The number of rotatable bonds is 5. The van der Waals surface area contributed by atoms with Crippen molar-refractivity contribution in [2.24, 2.45) is 11.7 Å². The Hall–Kier alpha value is -1.22. The first kappa shape index (κ1) is 18.6. The van der Waals surface area contributed by atoms with Crippen molar-refractivity contribution in [2.45, 2.75) is 24.9 Å². The molecule has 142 valence electrons. The molecule has 0 aromatic carbocycles. The molecule has 0 saturated carbocycles. The van der Waals surface area contributed by atoms with Gasteiger partial charge in [-0.3, -0.25) is 19.4 Å². The molecule has 3 fully saturated rings. The summed E-state index contributed by atoms with van der Waals surface area (Å²) < 4.78 is 5.34. The molecular formula is C17H30N4O4. The largest absolute Gasteiger partial charge is 0.387 e. The van der Waals surface area contributed by atoms with Crippen LogP contribution in [0.2, 0.25) is 0 Å². The van der Waals surface area contributed by atoms with E-state index in [1.54, 1.807) is 4.90 Å². The van der Waals surface area contributed by atoms with Crippen LogP contribution in [-0.4, -0.2) is 103 Å². The van der Waals surface area contributed by atoms with E-state index in [4.69, 9.17) is 10.5 Å². The summed E-state index contributed by atoms with van der Waals surface area (Å²) in [5.74, 6) is -0.231. The minimum atomic E-state index is -0.814. The van der Waals surface area contributed by atoms with Crippen LogP contribution in [0.4, 0.5) is 0 Å². The van der Waals surface area contributed by atoms with Crippen LogP contribution in [0.5, 0.6) is 0 Å². The number of β-amino-alcohol motifs (C(OH)–C–C–N with tert-alkyl or cyclic N) is 1. The zero-order chi connectivity index (χ0) is 17.9. The maximum Gasteiger partial charge on any atom is 0.236 e. The lowest BCUT2D eigenvalue weighted by atomic mass is 9.96. The number of nitrogens with two attached hydrogens (primary N) is 1. The van der Waals surface area contributed by atoms with Crippen molar-refractivity contribution in [3.05, 3.63) is 0 Å². The van der Waals surface area contributed by atoms with Crippen molar-refractivity contribution < 1.29 is 19.4 Å². The van der Waals surface area contributed by atoms with Crippen LogP contribution in [0, 0.1) is 5.92 Å². The number of hydrogen-bond acceptors (Lipinski definition) is 6.